The van der Waals surface area contributed by atoms with E-state index in [1.807, 2.05) is 6.26 Å². The van der Waals surface area contributed by atoms with E-state index < -0.39 is 5.97 Å². The Morgan fingerprint density at radius 3 is 2.71 bits per heavy atom. The van der Waals surface area contributed by atoms with Crippen molar-refractivity contribution in [2.75, 3.05) is 18.6 Å². The molecule has 1 N–H and O–H groups in total. The zero-order valence-corrected chi connectivity index (χ0v) is 15.6. The Kier molecular flexibility index (Phi) is 6.50. The molecule has 0 radical (unpaired) electrons. The number of aryl methyl sites for hydroxylation is 1. The average Bonchev–Trinajstić information content (AvgIpc) is 3.10. The third kappa shape index (κ3) is 4.21. The molecular weight excluding hydrogens is 350 g/mol. The van der Waals surface area contributed by atoms with E-state index in [1.165, 1.54) is 11.8 Å². The highest BCUT2D eigenvalue weighted by Crippen LogP contribution is 2.23. The second-order valence-corrected chi connectivity index (χ2v) is 6.74. The number of hydrogen-bond donors (Lipinski definition) is 1. The van der Waals surface area contributed by atoms with Crippen molar-refractivity contribution in [1.82, 2.24) is 15.2 Å². The minimum atomic E-state index is -0.422. The van der Waals surface area contributed by atoms with Crippen molar-refractivity contribution in [3.05, 3.63) is 28.4 Å². The molecule has 2 aromatic heterocycles. The molecule has 0 aliphatic heterocycles. The minimum Gasteiger partial charge on any atom is -0.462 e. The molecule has 0 saturated heterocycles. The van der Waals surface area contributed by atoms with Gasteiger partial charge in [-0.25, -0.2) is 4.79 Å². The van der Waals surface area contributed by atoms with Crippen LogP contribution in [-0.2, 0) is 10.5 Å². The number of thioether (sulfide) groups is 2. The van der Waals surface area contributed by atoms with Gasteiger partial charge in [-0.1, -0.05) is 11.8 Å². The Hall–Kier alpha value is -1.74. The largest absolute Gasteiger partial charge is 0.462 e. The molecule has 0 amide bonds. The van der Waals surface area contributed by atoms with E-state index in [1.54, 1.807) is 32.5 Å². The monoisotopic (exact) mass is 369 g/mol. The molecular formula is C15H19N3O4S2. The summed E-state index contributed by atoms with van der Waals surface area (Å²) in [5, 5.41) is 8.15. The van der Waals surface area contributed by atoms with E-state index in [0.29, 0.717) is 39.4 Å². The van der Waals surface area contributed by atoms with E-state index >= 15 is 0 Å². The third-order valence-corrected chi connectivity index (χ3v) is 4.59. The summed E-state index contributed by atoms with van der Waals surface area (Å²) in [6, 6.07) is 0. The average molecular weight is 369 g/mol. The van der Waals surface area contributed by atoms with Gasteiger partial charge in [0.05, 0.1) is 29.4 Å². The lowest BCUT2D eigenvalue weighted by molar-refractivity contribution is 0.0525. The first-order valence-electron chi connectivity index (χ1n) is 7.31. The molecule has 2 rings (SSSR count). The van der Waals surface area contributed by atoms with Gasteiger partial charge in [-0.15, -0.1) is 10.2 Å². The highest BCUT2D eigenvalue weighted by molar-refractivity contribution is 7.99. The number of rotatable bonds is 8. The minimum absolute atomic E-state index is 0.138. The van der Waals surface area contributed by atoms with Gasteiger partial charge >= 0.3 is 5.97 Å². The van der Waals surface area contributed by atoms with Crippen molar-refractivity contribution in [3.8, 4) is 0 Å². The molecule has 0 unspecified atom stereocenters. The van der Waals surface area contributed by atoms with Crippen LogP contribution < -0.4 is 0 Å². The number of hydrogen-bond acceptors (Lipinski definition) is 8. The quantitative estimate of drug-likeness (QED) is 0.431. The summed E-state index contributed by atoms with van der Waals surface area (Å²) in [6.07, 6.45) is 1.94. The van der Waals surface area contributed by atoms with Gasteiger partial charge in [0.2, 0.25) is 5.89 Å². The molecule has 7 nitrogen and oxygen atoms in total. The Labute approximate surface area is 148 Å². The number of esters is 1. The molecule has 130 valence electrons. The van der Waals surface area contributed by atoms with Crippen molar-refractivity contribution in [1.29, 1.82) is 0 Å². The van der Waals surface area contributed by atoms with Gasteiger partial charge in [-0.2, -0.15) is 11.8 Å². The van der Waals surface area contributed by atoms with Gasteiger partial charge in [0.15, 0.2) is 5.78 Å². The summed E-state index contributed by atoms with van der Waals surface area (Å²) in [4.78, 5) is 27.4. The molecule has 0 spiro atoms. The van der Waals surface area contributed by atoms with Crippen LogP contribution in [0.15, 0.2) is 9.64 Å². The van der Waals surface area contributed by atoms with Crippen LogP contribution in [0.25, 0.3) is 0 Å². The zero-order chi connectivity index (χ0) is 17.7. The molecule has 24 heavy (non-hydrogen) atoms. The summed E-state index contributed by atoms with van der Waals surface area (Å²) < 4.78 is 10.5. The van der Waals surface area contributed by atoms with Crippen LogP contribution in [0.4, 0.5) is 0 Å². The predicted molar refractivity (Wildman–Crippen MR) is 92.8 cm³/mol. The van der Waals surface area contributed by atoms with E-state index in [9.17, 15) is 9.59 Å². The fraction of sp³-hybridized carbons (Fsp3) is 0.467. The molecule has 0 fully saturated rings. The Balaban J connectivity index is 2.06. The maximum absolute atomic E-state index is 12.4. The van der Waals surface area contributed by atoms with Gasteiger partial charge in [0.25, 0.3) is 5.22 Å². The van der Waals surface area contributed by atoms with E-state index in [-0.39, 0.29) is 18.1 Å². The van der Waals surface area contributed by atoms with Gasteiger partial charge in [-0.05, 0) is 32.6 Å². The number of ether oxygens (including phenoxy) is 1. The van der Waals surface area contributed by atoms with Crippen LogP contribution in [0.1, 0.15) is 44.9 Å². The number of H-pyrrole nitrogens is 1. The standard InChI is InChI=1S/C15H19N3O4S2/c1-5-21-14(20)12-8(2)13(16-9(12)3)10(19)6-24-15-18-17-11(22-15)7-23-4/h16H,5-7H2,1-4H3. The van der Waals surface area contributed by atoms with Gasteiger partial charge in [0, 0.05) is 5.69 Å². The number of nitrogens with zero attached hydrogens (tertiary/aromatic N) is 2. The van der Waals surface area contributed by atoms with Crippen molar-refractivity contribution in [2.24, 2.45) is 0 Å². The number of carbonyl (C=O) groups is 2. The number of aromatic amines is 1. The lowest BCUT2D eigenvalue weighted by atomic mass is 10.1. The summed E-state index contributed by atoms with van der Waals surface area (Å²) in [5.41, 5.74) is 2.06. The fourth-order valence-electron chi connectivity index (χ4n) is 2.22. The van der Waals surface area contributed by atoms with Crippen LogP contribution in [0.2, 0.25) is 0 Å². The van der Waals surface area contributed by atoms with Crippen molar-refractivity contribution >= 4 is 35.3 Å². The fourth-order valence-corrected chi connectivity index (χ4v) is 3.23. The molecule has 2 aromatic rings. The molecule has 2 heterocycles. The Morgan fingerprint density at radius 2 is 2.04 bits per heavy atom. The van der Waals surface area contributed by atoms with Crippen LogP contribution in [0.3, 0.4) is 0 Å². The maximum Gasteiger partial charge on any atom is 0.340 e. The summed E-state index contributed by atoms with van der Waals surface area (Å²) in [6.45, 7) is 5.51. The van der Waals surface area contributed by atoms with Crippen LogP contribution in [0, 0.1) is 13.8 Å². The molecule has 0 bridgehead atoms. The molecule has 9 heteroatoms. The maximum atomic E-state index is 12.4. The van der Waals surface area contributed by atoms with Crippen molar-refractivity contribution in [2.45, 2.75) is 31.7 Å². The first kappa shape index (κ1) is 18.6. The van der Waals surface area contributed by atoms with Crippen LogP contribution in [0.5, 0.6) is 0 Å². The highest BCUT2D eigenvalue weighted by Gasteiger charge is 2.23. The third-order valence-electron chi connectivity index (χ3n) is 3.24. The first-order valence-corrected chi connectivity index (χ1v) is 9.69. The number of ketones is 1. The molecule has 0 aromatic carbocycles. The number of carbonyl (C=O) groups excluding carboxylic acids is 2. The number of nitrogens with one attached hydrogen (secondary N) is 1. The smallest absolute Gasteiger partial charge is 0.340 e. The molecule has 0 atom stereocenters. The van der Waals surface area contributed by atoms with E-state index in [0.717, 1.165) is 0 Å². The lowest BCUT2D eigenvalue weighted by Crippen LogP contribution is -2.08. The lowest BCUT2D eigenvalue weighted by Gasteiger charge is -2.02. The predicted octanol–water partition coefficient (Wildman–Crippen LogP) is 3.03. The van der Waals surface area contributed by atoms with E-state index in [2.05, 4.69) is 15.2 Å². The summed E-state index contributed by atoms with van der Waals surface area (Å²) in [5.74, 6) is 0.757. The summed E-state index contributed by atoms with van der Waals surface area (Å²) >= 11 is 2.76. The highest BCUT2D eigenvalue weighted by atomic mass is 32.2. The number of aromatic nitrogens is 3. The normalized spacial score (nSPS) is 10.8. The van der Waals surface area contributed by atoms with Gasteiger partial charge in [-0.3, -0.25) is 4.79 Å². The second-order valence-electron chi connectivity index (χ2n) is 4.95. The van der Waals surface area contributed by atoms with Gasteiger partial charge in [0.1, 0.15) is 0 Å². The van der Waals surface area contributed by atoms with Crippen molar-refractivity contribution < 1.29 is 18.7 Å². The van der Waals surface area contributed by atoms with Crippen molar-refractivity contribution in [3.63, 3.8) is 0 Å². The Bertz CT molecular complexity index is 739. The first-order chi connectivity index (χ1) is 11.5. The SMILES string of the molecule is CCOC(=O)c1c(C)[nH]c(C(=O)CSc2nnc(CSC)o2)c1C. The van der Waals surface area contributed by atoms with Crippen LogP contribution >= 0.6 is 23.5 Å². The molecule has 0 saturated carbocycles. The zero-order valence-electron chi connectivity index (χ0n) is 14.0. The molecule has 0 aliphatic carbocycles. The second kappa shape index (κ2) is 8.39. The number of Topliss-reactive ketones (excluding diaryl/α,β-unsaturated/α-hetero) is 1. The van der Waals surface area contributed by atoms with Gasteiger partial charge < -0.3 is 14.1 Å². The topological polar surface area (TPSA) is 98.1 Å². The molecule has 0 aliphatic rings. The van der Waals surface area contributed by atoms with Crippen LogP contribution in [-0.4, -0.2) is 45.5 Å². The van der Waals surface area contributed by atoms with E-state index in [4.69, 9.17) is 9.15 Å². The summed E-state index contributed by atoms with van der Waals surface area (Å²) in [7, 11) is 0. The Morgan fingerprint density at radius 1 is 1.29 bits per heavy atom.